The molecule has 2 N–H and O–H groups in total. The van der Waals surface area contributed by atoms with Crippen molar-refractivity contribution in [3.05, 3.63) is 70.0 Å². The van der Waals surface area contributed by atoms with Gasteiger partial charge in [0.2, 0.25) is 6.79 Å². The largest absolute Gasteiger partial charge is 0.454 e. The number of hydrogen-bond donors (Lipinski definition) is 2. The highest BCUT2D eigenvalue weighted by molar-refractivity contribution is 7.80. The molecule has 9 heteroatoms. The van der Waals surface area contributed by atoms with Gasteiger partial charge in [-0.05, 0) is 36.8 Å². The molecule has 0 unspecified atom stereocenters. The molecular weight excluding hydrogens is 464 g/mol. The van der Waals surface area contributed by atoms with E-state index < -0.39 is 0 Å². The molecule has 1 atom stereocenters. The summed E-state index contributed by atoms with van der Waals surface area (Å²) in [5.74, 6) is 1.34. The minimum absolute atomic E-state index is 0.0456. The predicted octanol–water partition coefficient (Wildman–Crippen LogP) is 3.03. The number of hydrogen-bond acceptors (Lipinski definition) is 6. The molecule has 0 saturated carbocycles. The van der Waals surface area contributed by atoms with E-state index in [0.717, 1.165) is 49.3 Å². The van der Waals surface area contributed by atoms with Crippen molar-refractivity contribution in [2.24, 2.45) is 0 Å². The van der Waals surface area contributed by atoms with Crippen molar-refractivity contribution in [2.75, 3.05) is 46.2 Å². The number of aromatic amines is 1. The average molecular weight is 495 g/mol. The van der Waals surface area contributed by atoms with Gasteiger partial charge in [-0.3, -0.25) is 9.69 Å². The summed E-state index contributed by atoms with van der Waals surface area (Å²) in [7, 11) is 0. The second-order valence-electron chi connectivity index (χ2n) is 8.87. The van der Waals surface area contributed by atoms with Crippen LogP contribution in [0.25, 0.3) is 10.9 Å². The van der Waals surface area contributed by atoms with Crippen LogP contribution >= 0.6 is 12.2 Å². The van der Waals surface area contributed by atoms with E-state index in [4.69, 9.17) is 26.4 Å². The van der Waals surface area contributed by atoms with Crippen LogP contribution in [0, 0.1) is 0 Å². The highest BCUT2D eigenvalue weighted by atomic mass is 32.1. The summed E-state index contributed by atoms with van der Waals surface area (Å²) in [6, 6.07) is 15.9. The van der Waals surface area contributed by atoms with Gasteiger partial charge in [0.15, 0.2) is 16.6 Å². The number of H-pyrrole nitrogens is 1. The fourth-order valence-electron chi connectivity index (χ4n) is 4.41. The molecule has 0 bridgehead atoms. The Bertz CT molecular complexity index is 1240. The van der Waals surface area contributed by atoms with Gasteiger partial charge in [-0.15, -0.1) is 0 Å². The first-order chi connectivity index (χ1) is 17.1. The van der Waals surface area contributed by atoms with Gasteiger partial charge in [-0.1, -0.05) is 30.3 Å². The minimum atomic E-state index is -0.133. The Kier molecular flexibility index (Phi) is 7.17. The van der Waals surface area contributed by atoms with Crippen LogP contribution in [0.1, 0.15) is 24.1 Å². The first-order valence-corrected chi connectivity index (χ1v) is 12.3. The molecule has 5 rings (SSSR count). The number of nitrogens with zero attached hydrogens (tertiary/aromatic N) is 2. The number of aromatic nitrogens is 1. The maximum Gasteiger partial charge on any atom is 0.253 e. The molecule has 8 nitrogen and oxygen atoms in total. The Morgan fingerprint density at radius 3 is 2.66 bits per heavy atom. The van der Waals surface area contributed by atoms with Crippen LogP contribution in [-0.2, 0) is 11.3 Å². The average Bonchev–Trinajstić information content (AvgIpc) is 3.33. The summed E-state index contributed by atoms with van der Waals surface area (Å²) in [5, 5.41) is 4.98. The van der Waals surface area contributed by atoms with Crippen LogP contribution in [0.15, 0.2) is 53.3 Å². The molecular formula is C26H30N4O4S. The molecule has 1 fully saturated rings. The van der Waals surface area contributed by atoms with Crippen molar-refractivity contribution in [3.8, 4) is 11.5 Å². The molecule has 35 heavy (non-hydrogen) atoms. The quantitative estimate of drug-likeness (QED) is 0.486. The summed E-state index contributed by atoms with van der Waals surface area (Å²) in [5.41, 5.74) is 2.39. The standard InChI is InChI=1S/C26H30N4O4S/c1-18(19-5-3-2-4-6-19)27-26(35)30(8-7-29-9-11-32-12-10-29)16-21-13-20-14-23-24(34-17-33-23)15-22(20)28-25(21)31/h2-6,13-15,18H,7-12,16-17H2,1H3,(H,27,35)(H,28,31)/t18-/m1/s1. The van der Waals surface area contributed by atoms with E-state index >= 15 is 0 Å². The molecule has 2 aromatic carbocycles. The van der Waals surface area contributed by atoms with E-state index in [-0.39, 0.29) is 18.4 Å². The van der Waals surface area contributed by atoms with Crippen LogP contribution in [0.2, 0.25) is 0 Å². The third kappa shape index (κ3) is 5.58. The van der Waals surface area contributed by atoms with Crippen LogP contribution in [0.5, 0.6) is 11.5 Å². The predicted molar refractivity (Wildman–Crippen MR) is 139 cm³/mol. The van der Waals surface area contributed by atoms with Gasteiger partial charge in [0.25, 0.3) is 5.56 Å². The molecule has 2 aliphatic heterocycles. The lowest BCUT2D eigenvalue weighted by atomic mass is 10.1. The zero-order valence-corrected chi connectivity index (χ0v) is 20.6. The summed E-state index contributed by atoms with van der Waals surface area (Å²) >= 11 is 5.84. The van der Waals surface area contributed by atoms with E-state index in [1.807, 2.05) is 36.4 Å². The Morgan fingerprint density at radius 1 is 1.14 bits per heavy atom. The molecule has 0 aliphatic carbocycles. The molecule has 1 aromatic heterocycles. The maximum atomic E-state index is 13.0. The second-order valence-corrected chi connectivity index (χ2v) is 9.26. The van der Waals surface area contributed by atoms with Gasteiger partial charge in [0.1, 0.15) is 0 Å². The second kappa shape index (κ2) is 10.6. The van der Waals surface area contributed by atoms with Crippen molar-refractivity contribution in [1.82, 2.24) is 20.1 Å². The fourth-order valence-corrected chi connectivity index (χ4v) is 4.74. The van der Waals surface area contributed by atoms with Crippen molar-refractivity contribution in [3.63, 3.8) is 0 Å². The maximum absolute atomic E-state index is 13.0. The van der Waals surface area contributed by atoms with Crippen molar-refractivity contribution in [2.45, 2.75) is 19.5 Å². The fraction of sp³-hybridized carbons (Fsp3) is 0.385. The van der Waals surface area contributed by atoms with Crippen LogP contribution in [0.4, 0.5) is 0 Å². The summed E-state index contributed by atoms with van der Waals surface area (Å²) in [4.78, 5) is 20.4. The van der Waals surface area contributed by atoms with Crippen molar-refractivity contribution >= 4 is 28.2 Å². The molecule has 2 aliphatic rings. The Labute approximate surface area is 209 Å². The van der Waals surface area contributed by atoms with Crippen molar-refractivity contribution < 1.29 is 14.2 Å². The molecule has 184 valence electrons. The highest BCUT2D eigenvalue weighted by Gasteiger charge is 2.20. The van der Waals surface area contributed by atoms with E-state index in [2.05, 4.69) is 39.2 Å². The third-order valence-corrected chi connectivity index (χ3v) is 6.87. The van der Waals surface area contributed by atoms with Crippen LogP contribution < -0.4 is 20.3 Å². The number of benzene rings is 2. The van der Waals surface area contributed by atoms with E-state index in [9.17, 15) is 4.79 Å². The lowest BCUT2D eigenvalue weighted by Gasteiger charge is -2.32. The zero-order chi connectivity index (χ0) is 24.2. The van der Waals surface area contributed by atoms with E-state index in [0.29, 0.717) is 35.3 Å². The number of thiocarbonyl (C=S) groups is 1. The van der Waals surface area contributed by atoms with E-state index in [1.165, 1.54) is 0 Å². The number of morpholine rings is 1. The molecule has 0 radical (unpaired) electrons. The van der Waals surface area contributed by atoms with E-state index in [1.54, 1.807) is 0 Å². The Morgan fingerprint density at radius 2 is 1.89 bits per heavy atom. The Balaban J connectivity index is 1.36. The number of rotatable bonds is 7. The van der Waals surface area contributed by atoms with Gasteiger partial charge < -0.3 is 29.4 Å². The summed E-state index contributed by atoms with van der Waals surface area (Å²) in [6.07, 6.45) is 0. The summed E-state index contributed by atoms with van der Waals surface area (Å²) < 4.78 is 16.4. The van der Waals surface area contributed by atoms with Crippen LogP contribution in [-0.4, -0.2) is 66.1 Å². The molecule has 0 amide bonds. The number of ether oxygens (including phenoxy) is 3. The molecule has 3 heterocycles. The monoisotopic (exact) mass is 494 g/mol. The van der Waals surface area contributed by atoms with Gasteiger partial charge in [-0.25, -0.2) is 0 Å². The Hall–Kier alpha value is -3.14. The van der Waals surface area contributed by atoms with Crippen molar-refractivity contribution in [1.29, 1.82) is 0 Å². The SMILES string of the molecule is C[C@@H](NC(=S)N(CCN1CCOCC1)Cc1cc2cc3c(cc2[nH]c1=O)OCO3)c1ccccc1. The first-order valence-electron chi connectivity index (χ1n) is 11.9. The first kappa shape index (κ1) is 23.6. The van der Waals surface area contributed by atoms with Gasteiger partial charge in [0, 0.05) is 43.2 Å². The van der Waals surface area contributed by atoms with Crippen LogP contribution in [0.3, 0.4) is 0 Å². The topological polar surface area (TPSA) is 79.1 Å². The molecule has 3 aromatic rings. The lowest BCUT2D eigenvalue weighted by Crippen LogP contribution is -2.46. The number of fused-ring (bicyclic) bond motifs is 2. The highest BCUT2D eigenvalue weighted by Crippen LogP contribution is 2.35. The minimum Gasteiger partial charge on any atom is -0.454 e. The van der Waals surface area contributed by atoms with Gasteiger partial charge >= 0.3 is 0 Å². The normalized spacial score (nSPS) is 16.3. The number of pyridine rings is 1. The summed E-state index contributed by atoms with van der Waals surface area (Å²) in [6.45, 7) is 7.52. The smallest absolute Gasteiger partial charge is 0.253 e. The third-order valence-electron chi connectivity index (χ3n) is 6.49. The zero-order valence-electron chi connectivity index (χ0n) is 19.8. The number of nitrogens with one attached hydrogen (secondary N) is 2. The van der Waals surface area contributed by atoms with Gasteiger partial charge in [0.05, 0.1) is 31.3 Å². The molecule has 1 saturated heterocycles. The lowest BCUT2D eigenvalue weighted by molar-refractivity contribution is 0.0357. The van der Waals surface area contributed by atoms with Gasteiger partial charge in [-0.2, -0.15) is 0 Å². The molecule has 0 spiro atoms.